The lowest BCUT2D eigenvalue weighted by Crippen LogP contribution is -2.50. The number of amides is 2. The van der Waals surface area contributed by atoms with E-state index < -0.39 is 5.97 Å². The smallest absolute Gasteiger partial charge is 0.335 e. The summed E-state index contributed by atoms with van der Waals surface area (Å²) in [6, 6.07) is 6.28. The number of hydrogen-bond donors (Lipinski definition) is 3. The van der Waals surface area contributed by atoms with Gasteiger partial charge >= 0.3 is 12.0 Å². The van der Waals surface area contributed by atoms with Crippen molar-refractivity contribution in [1.29, 1.82) is 0 Å². The fourth-order valence-corrected chi connectivity index (χ4v) is 2.11. The van der Waals surface area contributed by atoms with E-state index in [0.29, 0.717) is 19.4 Å². The van der Waals surface area contributed by atoms with Gasteiger partial charge in [0, 0.05) is 19.6 Å². The quantitative estimate of drug-likeness (QED) is 0.768. The monoisotopic (exact) mass is 278 g/mol. The van der Waals surface area contributed by atoms with Gasteiger partial charge in [0.25, 0.3) is 0 Å². The Kier molecular flexibility index (Phi) is 4.24. The third kappa shape index (κ3) is 3.27. The summed E-state index contributed by atoms with van der Waals surface area (Å²) < 4.78 is 0. The highest BCUT2D eigenvalue weighted by Gasteiger charge is 2.32. The summed E-state index contributed by atoms with van der Waals surface area (Å²) in [5.41, 5.74) is 1.06. The van der Waals surface area contributed by atoms with E-state index in [1.165, 1.54) is 12.1 Å². The van der Waals surface area contributed by atoms with E-state index in [4.69, 9.17) is 5.11 Å². The van der Waals surface area contributed by atoms with Gasteiger partial charge in [0.15, 0.2) is 0 Å². The molecule has 0 unspecified atom stereocenters. The van der Waals surface area contributed by atoms with E-state index in [2.05, 4.69) is 5.32 Å². The Morgan fingerprint density at radius 3 is 2.40 bits per heavy atom. The number of rotatable bonds is 4. The van der Waals surface area contributed by atoms with Crippen LogP contribution in [0.15, 0.2) is 24.3 Å². The van der Waals surface area contributed by atoms with Crippen molar-refractivity contribution in [3.63, 3.8) is 0 Å². The zero-order chi connectivity index (χ0) is 14.7. The molecule has 6 heteroatoms. The lowest BCUT2D eigenvalue weighted by molar-refractivity contribution is 0.0259. The summed E-state index contributed by atoms with van der Waals surface area (Å²) in [6.45, 7) is 0.346. The predicted molar refractivity (Wildman–Crippen MR) is 72.4 cm³/mol. The van der Waals surface area contributed by atoms with Gasteiger partial charge < -0.3 is 20.4 Å². The van der Waals surface area contributed by atoms with Crippen LogP contribution in [0, 0.1) is 0 Å². The Labute approximate surface area is 117 Å². The maximum absolute atomic E-state index is 11.9. The highest BCUT2D eigenvalue weighted by Crippen LogP contribution is 2.24. The minimum absolute atomic E-state index is 0.0967. The number of carbonyl (C=O) groups is 2. The van der Waals surface area contributed by atoms with Gasteiger partial charge in [-0.2, -0.15) is 0 Å². The highest BCUT2D eigenvalue weighted by atomic mass is 16.4. The van der Waals surface area contributed by atoms with Crippen LogP contribution in [-0.4, -0.2) is 46.3 Å². The third-order valence-corrected chi connectivity index (χ3v) is 3.60. The molecule has 1 aromatic rings. The molecule has 1 saturated carbocycles. The first-order chi connectivity index (χ1) is 9.47. The number of benzene rings is 1. The maximum atomic E-state index is 11.9. The lowest BCUT2D eigenvalue weighted by Gasteiger charge is -2.38. The number of carboxylic acids is 1. The molecule has 1 aliphatic rings. The second-order valence-electron chi connectivity index (χ2n) is 5.05. The van der Waals surface area contributed by atoms with Crippen LogP contribution in [-0.2, 0) is 6.54 Å². The van der Waals surface area contributed by atoms with Crippen molar-refractivity contribution in [3.8, 4) is 0 Å². The molecule has 0 aliphatic heterocycles. The molecule has 6 nitrogen and oxygen atoms in total. The van der Waals surface area contributed by atoms with Crippen molar-refractivity contribution >= 4 is 12.0 Å². The van der Waals surface area contributed by atoms with Crippen molar-refractivity contribution in [2.24, 2.45) is 0 Å². The number of carboxylic acid groups (broad SMARTS) is 1. The normalized spacial score (nSPS) is 20.9. The second-order valence-corrected chi connectivity index (χ2v) is 5.05. The van der Waals surface area contributed by atoms with E-state index in [1.54, 1.807) is 24.1 Å². The SMILES string of the molecule is CN(C(=O)NCc1ccc(C(=O)O)cc1)C1CC(O)C1. The molecule has 1 fully saturated rings. The van der Waals surface area contributed by atoms with Gasteiger partial charge in [0.1, 0.15) is 0 Å². The molecule has 2 amide bonds. The predicted octanol–water partition coefficient (Wildman–Crippen LogP) is 1.05. The van der Waals surface area contributed by atoms with Crippen LogP contribution in [0.4, 0.5) is 4.79 Å². The summed E-state index contributed by atoms with van der Waals surface area (Å²) >= 11 is 0. The first-order valence-corrected chi connectivity index (χ1v) is 6.48. The van der Waals surface area contributed by atoms with Crippen LogP contribution in [0.2, 0.25) is 0 Å². The molecule has 0 bridgehead atoms. The fraction of sp³-hybridized carbons (Fsp3) is 0.429. The van der Waals surface area contributed by atoms with Gasteiger partial charge in [-0.25, -0.2) is 9.59 Å². The molecule has 0 aromatic heterocycles. The van der Waals surface area contributed by atoms with Crippen LogP contribution < -0.4 is 5.32 Å². The molecule has 0 spiro atoms. The molecule has 1 aliphatic carbocycles. The van der Waals surface area contributed by atoms with Crippen LogP contribution in [0.1, 0.15) is 28.8 Å². The average Bonchev–Trinajstić information content (AvgIpc) is 2.41. The van der Waals surface area contributed by atoms with Gasteiger partial charge in [-0.3, -0.25) is 0 Å². The molecule has 0 radical (unpaired) electrons. The number of hydrogen-bond acceptors (Lipinski definition) is 3. The third-order valence-electron chi connectivity index (χ3n) is 3.60. The molecule has 0 heterocycles. The van der Waals surface area contributed by atoms with Crippen LogP contribution >= 0.6 is 0 Å². The number of carbonyl (C=O) groups excluding carboxylic acids is 1. The van der Waals surface area contributed by atoms with E-state index >= 15 is 0 Å². The minimum Gasteiger partial charge on any atom is -0.478 e. The molecule has 108 valence electrons. The first kappa shape index (κ1) is 14.3. The van der Waals surface area contributed by atoms with Gasteiger partial charge in [-0.05, 0) is 30.5 Å². The Morgan fingerprint density at radius 2 is 1.90 bits per heavy atom. The van der Waals surface area contributed by atoms with Crippen LogP contribution in [0.5, 0.6) is 0 Å². The summed E-state index contributed by atoms with van der Waals surface area (Å²) in [4.78, 5) is 24.2. The average molecular weight is 278 g/mol. The van der Waals surface area contributed by atoms with Crippen molar-refractivity contribution in [3.05, 3.63) is 35.4 Å². The number of urea groups is 1. The molecule has 3 N–H and O–H groups in total. The Morgan fingerprint density at radius 1 is 1.30 bits per heavy atom. The van der Waals surface area contributed by atoms with Crippen LogP contribution in [0.3, 0.4) is 0 Å². The number of nitrogens with one attached hydrogen (secondary N) is 1. The molecular formula is C14H18N2O4. The van der Waals surface area contributed by atoms with E-state index in [-0.39, 0.29) is 23.7 Å². The van der Waals surface area contributed by atoms with Crippen molar-refractivity contribution in [2.75, 3.05) is 7.05 Å². The molecule has 2 rings (SSSR count). The molecule has 0 saturated heterocycles. The van der Waals surface area contributed by atoms with Crippen molar-refractivity contribution in [1.82, 2.24) is 10.2 Å². The number of aromatic carboxylic acids is 1. The van der Waals surface area contributed by atoms with Gasteiger partial charge in [0.2, 0.25) is 0 Å². The number of aliphatic hydroxyl groups excluding tert-OH is 1. The zero-order valence-electron chi connectivity index (χ0n) is 11.2. The van der Waals surface area contributed by atoms with E-state index in [9.17, 15) is 14.7 Å². The van der Waals surface area contributed by atoms with Gasteiger partial charge in [-0.1, -0.05) is 12.1 Å². The fourth-order valence-electron chi connectivity index (χ4n) is 2.11. The first-order valence-electron chi connectivity index (χ1n) is 6.48. The number of aliphatic hydroxyl groups is 1. The Balaban J connectivity index is 1.82. The number of nitrogens with zero attached hydrogens (tertiary/aromatic N) is 1. The van der Waals surface area contributed by atoms with Crippen molar-refractivity contribution < 1.29 is 19.8 Å². The zero-order valence-corrected chi connectivity index (χ0v) is 11.2. The molecule has 20 heavy (non-hydrogen) atoms. The lowest BCUT2D eigenvalue weighted by atomic mass is 9.88. The Hall–Kier alpha value is -2.08. The highest BCUT2D eigenvalue weighted by molar-refractivity contribution is 5.87. The summed E-state index contributed by atoms with van der Waals surface area (Å²) in [5.74, 6) is -0.969. The van der Waals surface area contributed by atoms with Crippen molar-refractivity contribution in [2.45, 2.75) is 31.5 Å². The second kappa shape index (κ2) is 5.92. The minimum atomic E-state index is -0.969. The van der Waals surface area contributed by atoms with E-state index in [0.717, 1.165) is 5.56 Å². The maximum Gasteiger partial charge on any atom is 0.335 e. The largest absolute Gasteiger partial charge is 0.478 e. The summed E-state index contributed by atoms with van der Waals surface area (Å²) in [7, 11) is 1.71. The standard InChI is InChI=1S/C14H18N2O4/c1-16(11-6-12(17)7-11)14(20)15-8-9-2-4-10(5-3-9)13(18)19/h2-5,11-12,17H,6-8H2,1H3,(H,15,20)(H,18,19). The molecule has 0 atom stereocenters. The topological polar surface area (TPSA) is 89.9 Å². The van der Waals surface area contributed by atoms with Gasteiger partial charge in [0.05, 0.1) is 11.7 Å². The molecular weight excluding hydrogens is 260 g/mol. The summed E-state index contributed by atoms with van der Waals surface area (Å²) in [5, 5.41) is 20.8. The Bertz CT molecular complexity index is 494. The van der Waals surface area contributed by atoms with Crippen LogP contribution in [0.25, 0.3) is 0 Å². The molecule has 1 aromatic carbocycles. The van der Waals surface area contributed by atoms with Gasteiger partial charge in [-0.15, -0.1) is 0 Å². The van der Waals surface area contributed by atoms with E-state index in [1.807, 2.05) is 0 Å². The summed E-state index contributed by atoms with van der Waals surface area (Å²) in [6.07, 6.45) is 0.952.